The van der Waals surface area contributed by atoms with Crippen molar-refractivity contribution in [3.8, 4) is 0 Å². The van der Waals surface area contributed by atoms with E-state index in [0.717, 1.165) is 37.5 Å². The van der Waals surface area contributed by atoms with E-state index < -0.39 is 15.6 Å². The molecule has 6 fully saturated rings. The lowest BCUT2D eigenvalue weighted by Gasteiger charge is -2.58. The molecule has 4 bridgehead atoms. The van der Waals surface area contributed by atoms with Gasteiger partial charge in [0, 0.05) is 38.6 Å². The fourth-order valence-corrected chi connectivity index (χ4v) is 8.62. The fourth-order valence-electron chi connectivity index (χ4n) is 7.35. The van der Waals surface area contributed by atoms with Crippen molar-refractivity contribution in [3.63, 3.8) is 0 Å². The number of methoxy groups -OCH3 is 1. The maximum absolute atomic E-state index is 12.3. The van der Waals surface area contributed by atoms with Gasteiger partial charge in [-0.3, -0.25) is 9.69 Å². The van der Waals surface area contributed by atoms with Crippen LogP contribution in [-0.4, -0.2) is 75.9 Å². The molecule has 0 atom stereocenters. The molecule has 8 nitrogen and oxygen atoms in total. The fraction of sp³-hybridized carbons (Fsp3) is 0.958. The van der Waals surface area contributed by atoms with Gasteiger partial charge in [-0.25, -0.2) is 18.2 Å². The van der Waals surface area contributed by atoms with Gasteiger partial charge in [0.15, 0.2) is 9.84 Å². The molecule has 1 N–H and O–H groups in total. The molecule has 0 radical (unpaired) electrons. The van der Waals surface area contributed by atoms with Crippen LogP contribution in [0.25, 0.3) is 0 Å². The lowest BCUT2D eigenvalue weighted by molar-refractivity contribution is -0.485. The molecule has 0 aromatic carbocycles. The van der Waals surface area contributed by atoms with E-state index in [-0.39, 0.29) is 30.1 Å². The summed E-state index contributed by atoms with van der Waals surface area (Å²) in [6.45, 7) is 1.85. The number of hydrogen-bond acceptors (Lipinski definition) is 7. The quantitative estimate of drug-likeness (QED) is 0.320. The van der Waals surface area contributed by atoms with E-state index in [4.69, 9.17) is 14.5 Å². The van der Waals surface area contributed by atoms with Crippen LogP contribution in [0.3, 0.4) is 0 Å². The van der Waals surface area contributed by atoms with Crippen molar-refractivity contribution in [1.82, 2.24) is 10.2 Å². The molecule has 1 aliphatic heterocycles. The summed E-state index contributed by atoms with van der Waals surface area (Å²) in [5.41, 5.74) is 0. The summed E-state index contributed by atoms with van der Waals surface area (Å²) in [6, 6.07) is 0. The van der Waals surface area contributed by atoms with Gasteiger partial charge in [0.05, 0.1) is 24.2 Å². The number of rotatable bonds is 8. The Labute approximate surface area is 197 Å². The highest BCUT2D eigenvalue weighted by molar-refractivity contribution is 7.91. The van der Waals surface area contributed by atoms with E-state index >= 15 is 0 Å². The first-order valence-electron chi connectivity index (χ1n) is 12.9. The molecule has 1 heterocycles. The zero-order chi connectivity index (χ0) is 23.1. The third-order valence-corrected chi connectivity index (χ3v) is 10.7. The molecular formula is C24H40N2O6S. The van der Waals surface area contributed by atoms with Gasteiger partial charge in [-0.2, -0.15) is 0 Å². The standard InChI is InChI=1S/C24H40N2O6S/c1-30-24(20-11-18-10-19(13-20)14-21(24)12-18)32-31-22-4-2-17(3-5-22)15-25-23(27)16-26-6-8-33(28,29)9-7-26/h17-22H,2-16H2,1H3,(H,25,27)/t17-,18?,19?,20?,21?,22+,24?. The Morgan fingerprint density at radius 2 is 1.58 bits per heavy atom. The normalized spacial score (nSPS) is 42.3. The van der Waals surface area contributed by atoms with Crippen molar-refractivity contribution < 1.29 is 27.7 Å². The molecule has 6 rings (SSSR count). The van der Waals surface area contributed by atoms with Crippen LogP contribution in [0, 0.1) is 29.6 Å². The molecule has 1 saturated heterocycles. The summed E-state index contributed by atoms with van der Waals surface area (Å²) < 4.78 is 29.1. The van der Waals surface area contributed by atoms with Gasteiger partial charge in [-0.05, 0) is 75.5 Å². The lowest BCUT2D eigenvalue weighted by atomic mass is 9.53. The van der Waals surface area contributed by atoms with Crippen LogP contribution >= 0.6 is 0 Å². The Morgan fingerprint density at radius 1 is 0.970 bits per heavy atom. The number of carbonyl (C=O) groups excluding carboxylic acids is 1. The van der Waals surface area contributed by atoms with Gasteiger partial charge >= 0.3 is 0 Å². The van der Waals surface area contributed by atoms with Crippen LogP contribution in [0.2, 0.25) is 0 Å². The van der Waals surface area contributed by atoms with Crippen LogP contribution in [0.5, 0.6) is 0 Å². The Bertz CT molecular complexity index is 768. The smallest absolute Gasteiger partial charge is 0.234 e. The Balaban J connectivity index is 1.01. The van der Waals surface area contributed by atoms with Gasteiger partial charge in [0.2, 0.25) is 11.7 Å². The van der Waals surface area contributed by atoms with E-state index in [1.807, 2.05) is 4.90 Å². The lowest BCUT2D eigenvalue weighted by Crippen LogP contribution is -2.60. The molecule has 5 saturated carbocycles. The molecule has 5 aliphatic carbocycles. The molecule has 0 aromatic rings. The highest BCUT2D eigenvalue weighted by atomic mass is 32.2. The Kier molecular flexibility index (Phi) is 7.06. The molecule has 188 valence electrons. The maximum atomic E-state index is 12.3. The number of hydrogen-bond donors (Lipinski definition) is 1. The molecule has 6 aliphatic rings. The summed E-state index contributed by atoms with van der Waals surface area (Å²) >= 11 is 0. The van der Waals surface area contributed by atoms with Crippen LogP contribution in [0.1, 0.15) is 57.8 Å². The largest absolute Gasteiger partial charge is 0.355 e. The van der Waals surface area contributed by atoms with Gasteiger partial charge in [-0.1, -0.05) is 0 Å². The highest BCUT2D eigenvalue weighted by Crippen LogP contribution is 2.60. The number of sulfone groups is 1. The number of carbonyl (C=O) groups is 1. The minimum Gasteiger partial charge on any atom is -0.355 e. The van der Waals surface area contributed by atoms with E-state index in [0.29, 0.717) is 37.4 Å². The second-order valence-electron chi connectivity index (χ2n) is 11.3. The second-order valence-corrected chi connectivity index (χ2v) is 13.6. The number of nitrogens with zero attached hydrogens (tertiary/aromatic N) is 1. The summed E-state index contributed by atoms with van der Waals surface area (Å²) in [5.74, 6) is 2.83. The highest BCUT2D eigenvalue weighted by Gasteiger charge is 2.60. The first-order chi connectivity index (χ1) is 15.8. The zero-order valence-electron chi connectivity index (χ0n) is 19.9. The van der Waals surface area contributed by atoms with Gasteiger partial charge in [-0.15, -0.1) is 0 Å². The average Bonchev–Trinajstić information content (AvgIpc) is 2.79. The van der Waals surface area contributed by atoms with Crippen LogP contribution in [0.4, 0.5) is 0 Å². The molecule has 0 spiro atoms. The first kappa shape index (κ1) is 24.0. The summed E-state index contributed by atoms with van der Waals surface area (Å²) in [7, 11) is -1.13. The van der Waals surface area contributed by atoms with Crippen molar-refractivity contribution in [3.05, 3.63) is 0 Å². The van der Waals surface area contributed by atoms with E-state index in [9.17, 15) is 13.2 Å². The predicted molar refractivity (Wildman–Crippen MR) is 123 cm³/mol. The maximum Gasteiger partial charge on any atom is 0.234 e. The number of ether oxygens (including phenoxy) is 1. The Morgan fingerprint density at radius 3 is 2.15 bits per heavy atom. The van der Waals surface area contributed by atoms with Gasteiger partial charge in [0.1, 0.15) is 0 Å². The third kappa shape index (κ3) is 5.27. The topological polar surface area (TPSA) is 94.2 Å². The molecule has 0 aromatic heterocycles. The van der Waals surface area contributed by atoms with E-state index in [1.165, 1.54) is 32.1 Å². The van der Waals surface area contributed by atoms with Gasteiger partial charge < -0.3 is 10.1 Å². The third-order valence-electron chi connectivity index (χ3n) is 9.10. The summed E-state index contributed by atoms with van der Waals surface area (Å²) in [4.78, 5) is 26.4. The second kappa shape index (κ2) is 9.72. The molecule has 9 heteroatoms. The van der Waals surface area contributed by atoms with E-state index in [2.05, 4.69) is 5.32 Å². The average molecular weight is 485 g/mol. The minimum absolute atomic E-state index is 0.0140. The minimum atomic E-state index is -2.91. The van der Waals surface area contributed by atoms with Gasteiger partial charge in [0.25, 0.3) is 0 Å². The molecular weight excluding hydrogens is 444 g/mol. The SMILES string of the molecule is COC1(OO[C@H]2CC[C@@H](CNC(=O)CN3CCS(=O)(=O)CC3)CC2)C2CC3CC(C2)CC1C3. The number of amides is 1. The summed E-state index contributed by atoms with van der Waals surface area (Å²) in [6.07, 6.45) is 10.2. The molecule has 1 amide bonds. The van der Waals surface area contributed by atoms with Crippen molar-refractivity contribution in [2.24, 2.45) is 29.6 Å². The van der Waals surface area contributed by atoms with Crippen molar-refractivity contribution in [2.45, 2.75) is 69.7 Å². The monoisotopic (exact) mass is 484 g/mol. The van der Waals surface area contributed by atoms with Crippen LogP contribution in [-0.2, 0) is 29.1 Å². The zero-order valence-corrected chi connectivity index (χ0v) is 20.7. The number of nitrogens with one attached hydrogen (secondary N) is 1. The van der Waals surface area contributed by atoms with Crippen LogP contribution < -0.4 is 5.32 Å². The van der Waals surface area contributed by atoms with Crippen LogP contribution in [0.15, 0.2) is 0 Å². The Hall–Kier alpha value is -0.740. The molecule has 33 heavy (non-hydrogen) atoms. The van der Waals surface area contributed by atoms with Crippen molar-refractivity contribution >= 4 is 15.7 Å². The first-order valence-corrected chi connectivity index (χ1v) is 14.8. The van der Waals surface area contributed by atoms with E-state index in [1.54, 1.807) is 7.11 Å². The van der Waals surface area contributed by atoms with Crippen molar-refractivity contribution in [1.29, 1.82) is 0 Å². The summed E-state index contributed by atoms with van der Waals surface area (Å²) in [5, 5.41) is 3.05. The predicted octanol–water partition coefficient (Wildman–Crippen LogP) is 2.14. The molecule has 0 unspecified atom stereocenters. The van der Waals surface area contributed by atoms with Crippen molar-refractivity contribution in [2.75, 3.05) is 44.8 Å².